The number of rotatable bonds is 9. The minimum atomic E-state index is -0.0440. The number of amides is 1. The molecular formula is C19H23NO4S. The van der Waals surface area contributed by atoms with Gasteiger partial charge in [0.15, 0.2) is 16.6 Å². The summed E-state index contributed by atoms with van der Waals surface area (Å²) in [5.74, 6) is 1.86. The molecule has 0 unspecified atom stereocenters. The highest BCUT2D eigenvalue weighted by Gasteiger charge is 2.18. The highest BCUT2D eigenvalue weighted by molar-refractivity contribution is 7.98. The zero-order valence-corrected chi connectivity index (χ0v) is 15.6. The van der Waals surface area contributed by atoms with E-state index < -0.39 is 0 Å². The van der Waals surface area contributed by atoms with E-state index in [4.69, 9.17) is 13.9 Å². The van der Waals surface area contributed by atoms with Crippen LogP contribution in [0.3, 0.4) is 0 Å². The summed E-state index contributed by atoms with van der Waals surface area (Å²) < 4.78 is 16.3. The van der Waals surface area contributed by atoms with Crippen molar-refractivity contribution in [3.8, 4) is 11.5 Å². The summed E-state index contributed by atoms with van der Waals surface area (Å²) >= 11 is 1.50. The Hall–Kier alpha value is -2.34. The average Bonchev–Trinajstić information content (AvgIpc) is 3.10. The molecule has 2 rings (SSSR count). The summed E-state index contributed by atoms with van der Waals surface area (Å²) in [6, 6.07) is 9.44. The molecule has 0 fully saturated rings. The van der Waals surface area contributed by atoms with Crippen LogP contribution in [-0.2, 0) is 11.2 Å². The molecule has 0 aliphatic heterocycles. The topological polar surface area (TPSA) is 51.9 Å². The molecule has 0 saturated carbocycles. The highest BCUT2D eigenvalue weighted by atomic mass is 32.2. The average molecular weight is 361 g/mol. The van der Waals surface area contributed by atoms with Crippen molar-refractivity contribution in [1.29, 1.82) is 0 Å². The minimum absolute atomic E-state index is 0.0440. The number of hydrogen-bond donors (Lipinski definition) is 0. The maximum Gasteiger partial charge on any atom is 0.233 e. The van der Waals surface area contributed by atoms with Crippen molar-refractivity contribution in [1.82, 2.24) is 0 Å². The lowest BCUT2D eigenvalue weighted by atomic mass is 10.1. The molecule has 0 spiro atoms. The maximum absolute atomic E-state index is 12.4. The van der Waals surface area contributed by atoms with Crippen LogP contribution in [0.2, 0.25) is 0 Å². The second kappa shape index (κ2) is 9.22. The van der Waals surface area contributed by atoms with Crippen molar-refractivity contribution in [2.45, 2.75) is 17.9 Å². The number of furan rings is 1. The Bertz CT molecular complexity index is 726. The molecule has 0 saturated heterocycles. The van der Waals surface area contributed by atoms with Gasteiger partial charge in [0.25, 0.3) is 0 Å². The Labute approximate surface area is 152 Å². The largest absolute Gasteiger partial charge is 0.493 e. The summed E-state index contributed by atoms with van der Waals surface area (Å²) in [4.78, 5) is 14.1. The van der Waals surface area contributed by atoms with Crippen LogP contribution < -0.4 is 14.4 Å². The van der Waals surface area contributed by atoms with E-state index in [0.29, 0.717) is 30.3 Å². The van der Waals surface area contributed by atoms with Crippen LogP contribution in [0.1, 0.15) is 12.0 Å². The lowest BCUT2D eigenvalue weighted by molar-refractivity contribution is -0.118. The number of methoxy groups -OCH3 is 2. The number of carbonyl (C=O) groups is 1. The lowest BCUT2D eigenvalue weighted by Gasteiger charge is -2.20. The second-order valence-corrected chi connectivity index (χ2v) is 6.08. The van der Waals surface area contributed by atoms with Gasteiger partial charge >= 0.3 is 0 Å². The number of benzene rings is 1. The quantitative estimate of drug-likeness (QED) is 0.496. The first-order valence-electron chi connectivity index (χ1n) is 7.89. The number of thioether (sulfide) groups is 1. The van der Waals surface area contributed by atoms with Crippen molar-refractivity contribution in [3.05, 3.63) is 48.6 Å². The molecule has 25 heavy (non-hydrogen) atoms. The first kappa shape index (κ1) is 19.0. The molecule has 0 bridgehead atoms. The molecule has 2 aromatic rings. The monoisotopic (exact) mass is 361 g/mol. The predicted molar refractivity (Wildman–Crippen MR) is 101 cm³/mol. The molecule has 1 aromatic carbocycles. The summed E-state index contributed by atoms with van der Waals surface area (Å²) in [6.45, 7) is 4.15. The van der Waals surface area contributed by atoms with Crippen LogP contribution in [-0.4, -0.2) is 32.9 Å². The molecule has 1 aromatic heterocycles. The lowest BCUT2D eigenvalue weighted by Crippen LogP contribution is -2.32. The van der Waals surface area contributed by atoms with Crippen molar-refractivity contribution in [2.75, 3.05) is 31.9 Å². The van der Waals surface area contributed by atoms with E-state index in [1.165, 1.54) is 11.8 Å². The van der Waals surface area contributed by atoms with E-state index in [9.17, 15) is 4.79 Å². The van der Waals surface area contributed by atoms with Gasteiger partial charge in [-0.1, -0.05) is 23.9 Å². The molecule has 5 nitrogen and oxygen atoms in total. The zero-order valence-electron chi connectivity index (χ0n) is 14.8. The van der Waals surface area contributed by atoms with Crippen LogP contribution in [0, 0.1) is 0 Å². The number of anilines is 1. The van der Waals surface area contributed by atoms with Crippen molar-refractivity contribution >= 4 is 23.6 Å². The SMILES string of the molecule is C=CCC(=O)N(CCc1ccc(OC)c(OC)c1)c1ccc(SC)o1. The fourth-order valence-electron chi connectivity index (χ4n) is 2.43. The van der Waals surface area contributed by atoms with E-state index in [0.717, 1.165) is 10.7 Å². The summed E-state index contributed by atoms with van der Waals surface area (Å²) in [5, 5.41) is 0.775. The van der Waals surface area contributed by atoms with Gasteiger partial charge in [0.05, 0.1) is 14.2 Å². The fourth-order valence-corrected chi connectivity index (χ4v) is 2.81. The molecular weight excluding hydrogens is 338 g/mol. The van der Waals surface area contributed by atoms with Crippen molar-refractivity contribution in [3.63, 3.8) is 0 Å². The van der Waals surface area contributed by atoms with Gasteiger partial charge in [-0.15, -0.1) is 6.58 Å². The predicted octanol–water partition coefficient (Wildman–Crippen LogP) is 4.17. The molecule has 6 heteroatoms. The zero-order chi connectivity index (χ0) is 18.2. The van der Waals surface area contributed by atoms with Crippen LogP contribution in [0.4, 0.5) is 5.88 Å². The van der Waals surface area contributed by atoms with Gasteiger partial charge in [-0.3, -0.25) is 9.69 Å². The maximum atomic E-state index is 12.4. The number of carbonyl (C=O) groups excluding carboxylic acids is 1. The number of ether oxygens (including phenoxy) is 2. The molecule has 0 aliphatic rings. The molecule has 0 atom stereocenters. The molecule has 0 N–H and O–H groups in total. The molecule has 0 aliphatic carbocycles. The third kappa shape index (κ3) is 4.82. The number of hydrogen-bond acceptors (Lipinski definition) is 5. The van der Waals surface area contributed by atoms with Gasteiger partial charge in [0, 0.05) is 19.0 Å². The van der Waals surface area contributed by atoms with Crippen LogP contribution in [0.25, 0.3) is 0 Å². The van der Waals surface area contributed by atoms with Gasteiger partial charge < -0.3 is 13.9 Å². The van der Waals surface area contributed by atoms with E-state index >= 15 is 0 Å². The first-order chi connectivity index (χ1) is 12.1. The van der Waals surface area contributed by atoms with E-state index in [2.05, 4.69) is 6.58 Å². The van der Waals surface area contributed by atoms with Crippen LogP contribution in [0.5, 0.6) is 11.5 Å². The smallest absolute Gasteiger partial charge is 0.233 e. The van der Waals surface area contributed by atoms with Crippen molar-refractivity contribution < 1.29 is 18.7 Å². The first-order valence-corrected chi connectivity index (χ1v) is 9.11. The molecule has 134 valence electrons. The third-order valence-corrected chi connectivity index (χ3v) is 4.35. The van der Waals surface area contributed by atoms with E-state index in [1.807, 2.05) is 36.6 Å². The summed E-state index contributed by atoms with van der Waals surface area (Å²) in [6.07, 6.45) is 4.46. The standard InChI is InChI=1S/C19H23NO4S/c1-5-6-17(21)20(18-9-10-19(24-18)25-4)12-11-14-7-8-15(22-2)16(13-14)23-3/h5,7-10,13H,1,6,11-12H2,2-4H3. The van der Waals surface area contributed by atoms with E-state index in [1.54, 1.807) is 25.2 Å². The Morgan fingerprint density at radius 1 is 1.24 bits per heavy atom. The molecule has 1 heterocycles. The third-order valence-electron chi connectivity index (χ3n) is 3.73. The van der Waals surface area contributed by atoms with Crippen LogP contribution in [0.15, 0.2) is 52.5 Å². The summed E-state index contributed by atoms with van der Waals surface area (Å²) in [7, 11) is 3.21. The second-order valence-electron chi connectivity index (χ2n) is 5.27. The Morgan fingerprint density at radius 2 is 2.00 bits per heavy atom. The van der Waals surface area contributed by atoms with Gasteiger partial charge in [0.1, 0.15) is 0 Å². The van der Waals surface area contributed by atoms with Gasteiger partial charge in [0.2, 0.25) is 11.8 Å². The van der Waals surface area contributed by atoms with Gasteiger partial charge in [-0.25, -0.2) is 0 Å². The Kier molecular flexibility index (Phi) is 7.01. The fraction of sp³-hybridized carbons (Fsp3) is 0.316. The molecule has 0 radical (unpaired) electrons. The Morgan fingerprint density at radius 3 is 2.60 bits per heavy atom. The molecule has 1 amide bonds. The van der Waals surface area contributed by atoms with Gasteiger partial charge in [-0.2, -0.15) is 0 Å². The van der Waals surface area contributed by atoms with E-state index in [-0.39, 0.29) is 12.3 Å². The summed E-state index contributed by atoms with van der Waals surface area (Å²) in [5.41, 5.74) is 1.05. The highest BCUT2D eigenvalue weighted by Crippen LogP contribution is 2.29. The van der Waals surface area contributed by atoms with Crippen LogP contribution >= 0.6 is 11.8 Å². The number of nitrogens with zero attached hydrogens (tertiary/aromatic N) is 1. The normalized spacial score (nSPS) is 10.4. The van der Waals surface area contributed by atoms with Crippen molar-refractivity contribution in [2.24, 2.45) is 0 Å². The Balaban J connectivity index is 2.16. The minimum Gasteiger partial charge on any atom is -0.493 e. The van der Waals surface area contributed by atoms with Gasteiger partial charge in [-0.05, 0) is 36.4 Å².